The van der Waals surface area contributed by atoms with E-state index >= 15 is 0 Å². The van der Waals surface area contributed by atoms with Crippen LogP contribution in [-0.4, -0.2) is 40.9 Å². The second kappa shape index (κ2) is 4.86. The van der Waals surface area contributed by atoms with Crippen LogP contribution in [0.1, 0.15) is 20.3 Å². The van der Waals surface area contributed by atoms with Gasteiger partial charge in [-0.1, -0.05) is 6.92 Å². The highest BCUT2D eigenvalue weighted by Gasteiger charge is 2.26. The average Bonchev–Trinajstić information content (AvgIpc) is 2.16. The predicted molar refractivity (Wildman–Crippen MR) is 56.8 cm³/mol. The SMILES string of the molecule is CC[C@@H](N)C(=O)N1CCSCC1C. The molecule has 0 spiro atoms. The Hall–Kier alpha value is -0.220. The first-order valence-corrected chi connectivity index (χ1v) is 5.96. The zero-order valence-corrected chi connectivity index (χ0v) is 9.14. The molecule has 1 amide bonds. The van der Waals surface area contributed by atoms with E-state index in [4.69, 9.17) is 5.73 Å². The molecular weight excluding hydrogens is 184 g/mol. The molecule has 0 radical (unpaired) electrons. The first-order chi connectivity index (χ1) is 6.16. The van der Waals surface area contributed by atoms with Crippen LogP contribution in [0.25, 0.3) is 0 Å². The monoisotopic (exact) mass is 202 g/mol. The van der Waals surface area contributed by atoms with Crippen molar-refractivity contribution >= 4 is 17.7 Å². The van der Waals surface area contributed by atoms with Gasteiger partial charge >= 0.3 is 0 Å². The van der Waals surface area contributed by atoms with Gasteiger partial charge in [-0.3, -0.25) is 4.79 Å². The predicted octanol–water partition coefficient (Wildman–Crippen LogP) is 0.688. The molecule has 1 aliphatic heterocycles. The Kier molecular flexibility index (Phi) is 4.06. The molecule has 0 bridgehead atoms. The Balaban J connectivity index is 2.53. The molecule has 0 saturated carbocycles. The van der Waals surface area contributed by atoms with Gasteiger partial charge in [0.1, 0.15) is 0 Å². The summed E-state index contributed by atoms with van der Waals surface area (Å²) >= 11 is 1.91. The third kappa shape index (κ3) is 2.61. The van der Waals surface area contributed by atoms with Gasteiger partial charge in [0.05, 0.1) is 6.04 Å². The van der Waals surface area contributed by atoms with Crippen molar-refractivity contribution in [3.05, 3.63) is 0 Å². The first kappa shape index (κ1) is 10.9. The molecule has 4 heteroatoms. The number of carbonyl (C=O) groups excluding carboxylic acids is 1. The smallest absolute Gasteiger partial charge is 0.239 e. The minimum Gasteiger partial charge on any atom is -0.337 e. The zero-order valence-electron chi connectivity index (χ0n) is 8.32. The number of nitrogens with zero attached hydrogens (tertiary/aromatic N) is 1. The van der Waals surface area contributed by atoms with Crippen molar-refractivity contribution in [2.45, 2.75) is 32.4 Å². The Bertz CT molecular complexity index is 186. The molecule has 0 aromatic carbocycles. The van der Waals surface area contributed by atoms with E-state index in [1.165, 1.54) is 0 Å². The fraction of sp³-hybridized carbons (Fsp3) is 0.889. The minimum absolute atomic E-state index is 0.121. The van der Waals surface area contributed by atoms with Gasteiger partial charge < -0.3 is 10.6 Å². The van der Waals surface area contributed by atoms with Crippen LogP contribution in [0.15, 0.2) is 0 Å². The minimum atomic E-state index is -0.300. The van der Waals surface area contributed by atoms with Crippen molar-refractivity contribution in [2.75, 3.05) is 18.1 Å². The van der Waals surface area contributed by atoms with Crippen LogP contribution < -0.4 is 5.73 Å². The van der Waals surface area contributed by atoms with E-state index in [9.17, 15) is 4.79 Å². The summed E-state index contributed by atoms with van der Waals surface area (Å²) in [7, 11) is 0. The fourth-order valence-electron chi connectivity index (χ4n) is 1.44. The maximum absolute atomic E-state index is 11.7. The van der Waals surface area contributed by atoms with E-state index in [-0.39, 0.29) is 11.9 Å². The van der Waals surface area contributed by atoms with E-state index in [0.29, 0.717) is 6.04 Å². The highest BCUT2D eigenvalue weighted by Crippen LogP contribution is 2.16. The summed E-state index contributed by atoms with van der Waals surface area (Å²) < 4.78 is 0. The van der Waals surface area contributed by atoms with Gasteiger partial charge in [0.15, 0.2) is 0 Å². The van der Waals surface area contributed by atoms with Crippen molar-refractivity contribution < 1.29 is 4.79 Å². The fourth-order valence-corrected chi connectivity index (χ4v) is 2.46. The lowest BCUT2D eigenvalue weighted by Gasteiger charge is -2.34. The Labute approximate surface area is 84.0 Å². The molecule has 0 aliphatic carbocycles. The van der Waals surface area contributed by atoms with Crippen LogP contribution in [0.3, 0.4) is 0 Å². The van der Waals surface area contributed by atoms with E-state index in [2.05, 4.69) is 6.92 Å². The first-order valence-electron chi connectivity index (χ1n) is 4.80. The molecule has 1 aliphatic rings. The van der Waals surface area contributed by atoms with Crippen molar-refractivity contribution in [3.8, 4) is 0 Å². The molecule has 3 nitrogen and oxygen atoms in total. The average molecular weight is 202 g/mol. The standard InChI is InChI=1S/C9H18N2OS/c1-3-8(10)9(12)11-4-5-13-6-7(11)2/h7-8H,3-6,10H2,1-2H3/t7?,8-/m1/s1. The molecule has 0 aromatic heterocycles. The maximum atomic E-state index is 11.7. The van der Waals surface area contributed by atoms with Gasteiger partial charge in [0, 0.05) is 24.1 Å². The Morgan fingerprint density at radius 2 is 2.46 bits per heavy atom. The van der Waals surface area contributed by atoms with Crippen molar-refractivity contribution in [3.63, 3.8) is 0 Å². The van der Waals surface area contributed by atoms with Gasteiger partial charge in [-0.2, -0.15) is 11.8 Å². The van der Waals surface area contributed by atoms with Crippen molar-refractivity contribution in [1.82, 2.24) is 4.90 Å². The third-order valence-corrected chi connectivity index (χ3v) is 3.60. The molecule has 0 aromatic rings. The number of carbonyl (C=O) groups is 1. The third-order valence-electron chi connectivity index (χ3n) is 2.41. The molecule has 76 valence electrons. The number of amides is 1. The lowest BCUT2D eigenvalue weighted by molar-refractivity contribution is -0.134. The molecule has 13 heavy (non-hydrogen) atoms. The van der Waals surface area contributed by atoms with E-state index in [1.807, 2.05) is 23.6 Å². The molecule has 1 fully saturated rings. The number of thioether (sulfide) groups is 1. The molecule has 1 heterocycles. The summed E-state index contributed by atoms with van der Waals surface area (Å²) in [5.41, 5.74) is 5.71. The summed E-state index contributed by atoms with van der Waals surface area (Å²) in [5, 5.41) is 0. The number of rotatable bonds is 2. The molecule has 1 rings (SSSR count). The molecule has 1 saturated heterocycles. The molecular formula is C9H18N2OS. The number of hydrogen-bond donors (Lipinski definition) is 1. The van der Waals surface area contributed by atoms with Gasteiger partial charge in [-0.05, 0) is 13.3 Å². The second-order valence-electron chi connectivity index (χ2n) is 3.47. The van der Waals surface area contributed by atoms with Crippen molar-refractivity contribution in [1.29, 1.82) is 0 Å². The highest BCUT2D eigenvalue weighted by molar-refractivity contribution is 7.99. The van der Waals surface area contributed by atoms with Crippen LogP contribution in [0.5, 0.6) is 0 Å². The van der Waals surface area contributed by atoms with E-state index in [0.717, 1.165) is 24.5 Å². The van der Waals surface area contributed by atoms with Crippen LogP contribution in [0.2, 0.25) is 0 Å². The summed E-state index contributed by atoms with van der Waals surface area (Å²) in [5.74, 6) is 2.21. The molecule has 1 unspecified atom stereocenters. The normalized spacial score (nSPS) is 25.8. The molecule has 2 N–H and O–H groups in total. The Morgan fingerprint density at radius 1 is 1.77 bits per heavy atom. The number of hydrogen-bond acceptors (Lipinski definition) is 3. The molecule has 2 atom stereocenters. The lowest BCUT2D eigenvalue weighted by atomic mass is 10.2. The zero-order chi connectivity index (χ0) is 9.84. The van der Waals surface area contributed by atoms with Crippen LogP contribution in [0.4, 0.5) is 0 Å². The van der Waals surface area contributed by atoms with Crippen LogP contribution in [0, 0.1) is 0 Å². The van der Waals surface area contributed by atoms with Gasteiger partial charge in [-0.15, -0.1) is 0 Å². The summed E-state index contributed by atoms with van der Waals surface area (Å²) in [6, 6.07) is 0.0504. The van der Waals surface area contributed by atoms with Crippen molar-refractivity contribution in [2.24, 2.45) is 5.73 Å². The van der Waals surface area contributed by atoms with Crippen LogP contribution >= 0.6 is 11.8 Å². The van der Waals surface area contributed by atoms with Gasteiger partial charge in [0.25, 0.3) is 0 Å². The van der Waals surface area contributed by atoms with E-state index < -0.39 is 0 Å². The Morgan fingerprint density at radius 3 is 3.00 bits per heavy atom. The largest absolute Gasteiger partial charge is 0.337 e. The van der Waals surface area contributed by atoms with E-state index in [1.54, 1.807) is 0 Å². The topological polar surface area (TPSA) is 46.3 Å². The summed E-state index contributed by atoms with van der Waals surface area (Å²) in [6.45, 7) is 4.90. The second-order valence-corrected chi connectivity index (χ2v) is 4.62. The number of nitrogens with two attached hydrogens (primary N) is 1. The summed E-state index contributed by atoms with van der Waals surface area (Å²) in [6.07, 6.45) is 0.731. The van der Waals surface area contributed by atoms with Crippen LogP contribution in [-0.2, 0) is 4.79 Å². The van der Waals surface area contributed by atoms with Gasteiger partial charge in [-0.25, -0.2) is 0 Å². The highest BCUT2D eigenvalue weighted by atomic mass is 32.2. The van der Waals surface area contributed by atoms with Gasteiger partial charge in [0.2, 0.25) is 5.91 Å². The lowest BCUT2D eigenvalue weighted by Crippen LogP contribution is -2.51. The summed E-state index contributed by atoms with van der Waals surface area (Å²) in [4.78, 5) is 13.7. The quantitative estimate of drug-likeness (QED) is 0.716. The maximum Gasteiger partial charge on any atom is 0.239 e.